The molecule has 2 aliphatic rings. The first-order valence-corrected chi connectivity index (χ1v) is 11.8. The van der Waals surface area contributed by atoms with E-state index in [0.717, 1.165) is 28.7 Å². The molecule has 180 valence electrons. The van der Waals surface area contributed by atoms with E-state index < -0.39 is 36.2 Å². The average molecular weight is 467 g/mol. The van der Waals surface area contributed by atoms with Crippen LogP contribution in [0.2, 0.25) is 0 Å². The highest BCUT2D eigenvalue weighted by Crippen LogP contribution is 2.44. The molecule has 1 saturated heterocycles. The van der Waals surface area contributed by atoms with Gasteiger partial charge in [0, 0.05) is 12.5 Å². The zero-order valence-corrected chi connectivity index (χ0v) is 19.2. The second kappa shape index (κ2) is 10.7. The quantitative estimate of drug-likeness (QED) is 0.522. The largest absolute Gasteiger partial charge is 0.480 e. The first-order chi connectivity index (χ1) is 16.5. The summed E-state index contributed by atoms with van der Waals surface area (Å²) in [5, 5.41) is 14.6. The van der Waals surface area contributed by atoms with Crippen LogP contribution in [0, 0.1) is 0 Å². The van der Waals surface area contributed by atoms with Crippen molar-refractivity contribution in [2.45, 2.75) is 56.7 Å². The van der Waals surface area contributed by atoms with Gasteiger partial charge in [-0.2, -0.15) is 0 Å². The summed E-state index contributed by atoms with van der Waals surface area (Å²) in [7, 11) is 0. The van der Waals surface area contributed by atoms with Crippen LogP contribution in [0.5, 0.6) is 0 Å². The third-order valence-electron chi connectivity index (χ3n) is 6.46. The van der Waals surface area contributed by atoms with Gasteiger partial charge in [0.05, 0.1) is 6.04 Å². The number of fused-ring (bicyclic) bond motifs is 3. The van der Waals surface area contributed by atoms with Crippen LogP contribution < -0.4 is 10.6 Å². The monoisotopic (exact) mass is 466 g/mol. The second-order valence-corrected chi connectivity index (χ2v) is 8.70. The molecule has 2 aromatic rings. The SMILES string of the molecule is CCCC[C@H](NC(=O)C1OCCC1NC(=O)OCC1c2ccccc2-c2ccccc21)C(=O)O. The maximum Gasteiger partial charge on any atom is 0.407 e. The number of hydrogen-bond acceptors (Lipinski definition) is 5. The zero-order chi connectivity index (χ0) is 24.1. The third-order valence-corrected chi connectivity index (χ3v) is 6.46. The third kappa shape index (κ3) is 5.07. The number of aliphatic carboxylic acids is 1. The lowest BCUT2D eigenvalue weighted by molar-refractivity contribution is -0.144. The molecule has 1 aliphatic carbocycles. The Labute approximate surface area is 198 Å². The standard InChI is InChI=1S/C26H30N2O6/c1-2-3-12-22(25(30)31)27-24(29)23-21(13-14-33-23)28-26(32)34-15-20-18-10-6-4-8-16(18)17-9-5-7-11-19(17)20/h4-11,20-23H,2-3,12-15H2,1H3,(H,27,29)(H,28,32)(H,30,31)/t21?,22-,23?/m0/s1. The number of carbonyl (C=O) groups excluding carboxylic acids is 2. The molecule has 8 nitrogen and oxygen atoms in total. The molecule has 0 radical (unpaired) electrons. The molecule has 0 aromatic heterocycles. The minimum Gasteiger partial charge on any atom is -0.480 e. The molecule has 3 N–H and O–H groups in total. The highest BCUT2D eigenvalue weighted by atomic mass is 16.6. The van der Waals surface area contributed by atoms with Crippen molar-refractivity contribution in [3.05, 3.63) is 59.7 Å². The first kappa shape index (κ1) is 23.8. The predicted octanol–water partition coefficient (Wildman–Crippen LogP) is 3.44. The number of carbonyl (C=O) groups is 3. The number of carboxylic acids is 1. The van der Waals surface area contributed by atoms with Gasteiger partial charge in [-0.15, -0.1) is 0 Å². The van der Waals surface area contributed by atoms with Crippen molar-refractivity contribution in [2.24, 2.45) is 0 Å². The van der Waals surface area contributed by atoms with Crippen molar-refractivity contribution in [1.29, 1.82) is 0 Å². The Morgan fingerprint density at radius 2 is 1.74 bits per heavy atom. The van der Waals surface area contributed by atoms with E-state index in [2.05, 4.69) is 22.8 Å². The number of rotatable bonds is 9. The topological polar surface area (TPSA) is 114 Å². The summed E-state index contributed by atoms with van der Waals surface area (Å²) in [6, 6.07) is 14.6. The Kier molecular flexibility index (Phi) is 7.47. The highest BCUT2D eigenvalue weighted by molar-refractivity contribution is 5.87. The van der Waals surface area contributed by atoms with Crippen molar-refractivity contribution >= 4 is 18.0 Å². The van der Waals surface area contributed by atoms with Crippen molar-refractivity contribution in [1.82, 2.24) is 10.6 Å². The number of ether oxygens (including phenoxy) is 2. The minimum atomic E-state index is -1.08. The van der Waals surface area contributed by atoms with Gasteiger partial charge in [-0.25, -0.2) is 9.59 Å². The first-order valence-electron chi connectivity index (χ1n) is 11.8. The fraction of sp³-hybridized carbons (Fsp3) is 0.423. The van der Waals surface area contributed by atoms with Crippen molar-refractivity contribution in [2.75, 3.05) is 13.2 Å². The second-order valence-electron chi connectivity index (χ2n) is 8.70. The molecule has 1 aliphatic heterocycles. The van der Waals surface area contributed by atoms with Gasteiger partial charge in [0.15, 0.2) is 6.10 Å². The Balaban J connectivity index is 1.35. The number of nitrogens with one attached hydrogen (secondary N) is 2. The van der Waals surface area contributed by atoms with Crippen LogP contribution in [0.25, 0.3) is 11.1 Å². The molecule has 4 rings (SSSR count). The van der Waals surface area contributed by atoms with E-state index in [1.165, 1.54) is 0 Å². The van der Waals surface area contributed by atoms with Crippen LogP contribution >= 0.6 is 0 Å². The normalized spacial score (nSPS) is 19.7. The predicted molar refractivity (Wildman–Crippen MR) is 125 cm³/mol. The summed E-state index contributed by atoms with van der Waals surface area (Å²) in [6.45, 7) is 2.41. The maximum atomic E-state index is 12.7. The molecule has 34 heavy (non-hydrogen) atoms. The molecular formula is C26H30N2O6. The van der Waals surface area contributed by atoms with Crippen molar-refractivity contribution < 1.29 is 29.0 Å². The number of carboxylic acid groups (broad SMARTS) is 1. The molecule has 8 heteroatoms. The number of hydrogen-bond donors (Lipinski definition) is 3. The number of unbranched alkanes of at least 4 members (excludes halogenated alkanes) is 1. The molecule has 0 spiro atoms. The lowest BCUT2D eigenvalue weighted by Crippen LogP contribution is -2.52. The molecule has 0 saturated carbocycles. The Morgan fingerprint density at radius 1 is 1.09 bits per heavy atom. The van der Waals surface area contributed by atoms with Crippen LogP contribution in [-0.4, -0.2) is 54.5 Å². The molecular weight excluding hydrogens is 436 g/mol. The van der Waals surface area contributed by atoms with Crippen LogP contribution in [0.1, 0.15) is 49.7 Å². The summed E-state index contributed by atoms with van der Waals surface area (Å²) >= 11 is 0. The summed E-state index contributed by atoms with van der Waals surface area (Å²) in [5.41, 5.74) is 4.52. The fourth-order valence-electron chi connectivity index (χ4n) is 4.71. The molecule has 0 bridgehead atoms. The Hall–Kier alpha value is -3.39. The van der Waals surface area contributed by atoms with E-state index in [-0.39, 0.29) is 12.5 Å². The van der Waals surface area contributed by atoms with Gasteiger partial charge in [-0.05, 0) is 35.1 Å². The van der Waals surface area contributed by atoms with Crippen LogP contribution in [0.15, 0.2) is 48.5 Å². The maximum absolute atomic E-state index is 12.7. The molecule has 3 atom stereocenters. The van der Waals surface area contributed by atoms with Crippen LogP contribution in [0.4, 0.5) is 4.79 Å². The van der Waals surface area contributed by atoms with E-state index >= 15 is 0 Å². The van der Waals surface area contributed by atoms with Gasteiger partial charge in [0.1, 0.15) is 12.6 Å². The van der Waals surface area contributed by atoms with E-state index in [4.69, 9.17) is 9.47 Å². The van der Waals surface area contributed by atoms with Crippen molar-refractivity contribution in [3.63, 3.8) is 0 Å². The number of alkyl carbamates (subject to hydrolysis) is 1. The molecule has 2 aromatic carbocycles. The molecule has 1 heterocycles. The van der Waals surface area contributed by atoms with E-state index in [1.54, 1.807) is 0 Å². The van der Waals surface area contributed by atoms with Crippen LogP contribution in [0.3, 0.4) is 0 Å². The average Bonchev–Trinajstić information content (AvgIpc) is 3.42. The molecule has 1 fully saturated rings. The fourth-order valence-corrected chi connectivity index (χ4v) is 4.71. The van der Waals surface area contributed by atoms with Crippen molar-refractivity contribution in [3.8, 4) is 11.1 Å². The number of amides is 2. The molecule has 2 amide bonds. The van der Waals surface area contributed by atoms with Crippen LogP contribution in [-0.2, 0) is 19.1 Å². The van der Waals surface area contributed by atoms with E-state index in [1.807, 2.05) is 43.3 Å². The summed E-state index contributed by atoms with van der Waals surface area (Å²) < 4.78 is 11.1. The Morgan fingerprint density at radius 3 is 2.35 bits per heavy atom. The van der Waals surface area contributed by atoms with Gasteiger partial charge in [0.25, 0.3) is 5.91 Å². The Bertz CT molecular complexity index is 1010. The lowest BCUT2D eigenvalue weighted by atomic mass is 9.98. The van der Waals surface area contributed by atoms with Gasteiger partial charge < -0.3 is 25.2 Å². The van der Waals surface area contributed by atoms with Gasteiger partial charge >= 0.3 is 12.1 Å². The summed E-state index contributed by atoms with van der Waals surface area (Å²) in [6.07, 6.45) is 0.708. The van der Waals surface area contributed by atoms with E-state index in [0.29, 0.717) is 25.9 Å². The highest BCUT2D eigenvalue weighted by Gasteiger charge is 2.37. The minimum absolute atomic E-state index is 0.0630. The summed E-state index contributed by atoms with van der Waals surface area (Å²) in [5.74, 6) is -1.68. The van der Waals surface area contributed by atoms with E-state index in [9.17, 15) is 19.5 Å². The smallest absolute Gasteiger partial charge is 0.407 e. The van der Waals surface area contributed by atoms with Gasteiger partial charge in [-0.3, -0.25) is 4.79 Å². The van der Waals surface area contributed by atoms with Gasteiger partial charge in [0.2, 0.25) is 0 Å². The lowest BCUT2D eigenvalue weighted by Gasteiger charge is -2.22. The molecule has 2 unspecified atom stereocenters. The zero-order valence-electron chi connectivity index (χ0n) is 19.2. The number of benzene rings is 2. The summed E-state index contributed by atoms with van der Waals surface area (Å²) in [4.78, 5) is 36.7. The van der Waals surface area contributed by atoms with Gasteiger partial charge in [-0.1, -0.05) is 68.3 Å².